The summed E-state index contributed by atoms with van der Waals surface area (Å²) in [4.78, 5) is 10.7. The van der Waals surface area contributed by atoms with Gasteiger partial charge < -0.3 is 9.84 Å². The van der Waals surface area contributed by atoms with Crippen LogP contribution < -0.4 is 4.74 Å². The van der Waals surface area contributed by atoms with Crippen molar-refractivity contribution in [2.75, 3.05) is 7.11 Å². The second-order valence-corrected chi connectivity index (χ2v) is 3.59. The lowest BCUT2D eigenvalue weighted by atomic mass is 9.92. The first kappa shape index (κ1) is 12.5. The molecule has 0 radical (unpaired) electrons. The molecular formula is C12H15FO3. The third kappa shape index (κ3) is 2.95. The van der Waals surface area contributed by atoms with Crippen molar-refractivity contribution >= 4 is 5.97 Å². The van der Waals surface area contributed by atoms with E-state index < -0.39 is 5.97 Å². The summed E-state index contributed by atoms with van der Waals surface area (Å²) in [5.74, 6) is -1.07. The smallest absolute Gasteiger partial charge is 0.303 e. The van der Waals surface area contributed by atoms with Crippen LogP contribution in [0.1, 0.15) is 31.2 Å². The third-order valence-electron chi connectivity index (χ3n) is 2.56. The number of benzene rings is 1. The molecule has 0 aliphatic carbocycles. The maximum Gasteiger partial charge on any atom is 0.303 e. The predicted molar refractivity (Wildman–Crippen MR) is 58.2 cm³/mol. The standard InChI is InChI=1S/C12H15FO3/c1-3-8(6-12(14)15)10-7-9(16-2)4-5-11(10)13/h4-5,7-8H,3,6H2,1-2H3,(H,14,15). The second kappa shape index (κ2) is 5.49. The van der Waals surface area contributed by atoms with Crippen LogP contribution in [0.4, 0.5) is 4.39 Å². The lowest BCUT2D eigenvalue weighted by molar-refractivity contribution is -0.137. The second-order valence-electron chi connectivity index (χ2n) is 3.59. The van der Waals surface area contributed by atoms with Crippen molar-refractivity contribution in [1.82, 2.24) is 0 Å². The number of ether oxygens (including phenoxy) is 1. The fraction of sp³-hybridized carbons (Fsp3) is 0.417. The van der Waals surface area contributed by atoms with Gasteiger partial charge in [0.15, 0.2) is 0 Å². The first-order valence-electron chi connectivity index (χ1n) is 5.13. The van der Waals surface area contributed by atoms with Crippen molar-refractivity contribution in [2.24, 2.45) is 0 Å². The molecule has 0 heterocycles. The minimum atomic E-state index is -0.922. The Balaban J connectivity index is 3.02. The molecule has 1 N–H and O–H groups in total. The average Bonchev–Trinajstić information content (AvgIpc) is 2.26. The number of hydrogen-bond donors (Lipinski definition) is 1. The molecule has 0 aliphatic heterocycles. The van der Waals surface area contributed by atoms with Gasteiger partial charge in [0.25, 0.3) is 0 Å². The molecule has 1 rings (SSSR count). The molecule has 3 nitrogen and oxygen atoms in total. The molecule has 0 saturated heterocycles. The van der Waals surface area contributed by atoms with Crippen molar-refractivity contribution in [2.45, 2.75) is 25.7 Å². The lowest BCUT2D eigenvalue weighted by Crippen LogP contribution is -2.07. The summed E-state index contributed by atoms with van der Waals surface area (Å²) in [6.45, 7) is 1.84. The van der Waals surface area contributed by atoms with Gasteiger partial charge in [-0.3, -0.25) is 4.79 Å². The van der Waals surface area contributed by atoms with Crippen molar-refractivity contribution in [3.05, 3.63) is 29.6 Å². The zero-order valence-corrected chi connectivity index (χ0v) is 9.37. The molecule has 0 fully saturated rings. The summed E-state index contributed by atoms with van der Waals surface area (Å²) >= 11 is 0. The Morgan fingerprint density at radius 1 is 1.56 bits per heavy atom. The molecule has 1 aromatic carbocycles. The molecule has 0 bridgehead atoms. The van der Waals surface area contributed by atoms with Gasteiger partial charge in [0.2, 0.25) is 0 Å². The number of carboxylic acid groups (broad SMARTS) is 1. The summed E-state index contributed by atoms with van der Waals surface area (Å²) < 4.78 is 18.5. The molecular weight excluding hydrogens is 211 g/mol. The third-order valence-corrected chi connectivity index (χ3v) is 2.56. The highest BCUT2D eigenvalue weighted by atomic mass is 19.1. The number of aliphatic carboxylic acids is 1. The Kier molecular flexibility index (Phi) is 4.28. The van der Waals surface area contributed by atoms with Gasteiger partial charge in [-0.25, -0.2) is 4.39 Å². The van der Waals surface area contributed by atoms with E-state index in [9.17, 15) is 9.18 Å². The highest BCUT2D eigenvalue weighted by Gasteiger charge is 2.18. The monoisotopic (exact) mass is 226 g/mol. The van der Waals surface area contributed by atoms with E-state index in [0.717, 1.165) is 0 Å². The molecule has 0 saturated carbocycles. The highest BCUT2D eigenvalue weighted by Crippen LogP contribution is 2.28. The van der Waals surface area contributed by atoms with Gasteiger partial charge >= 0.3 is 5.97 Å². The van der Waals surface area contributed by atoms with Gasteiger partial charge in [-0.15, -0.1) is 0 Å². The van der Waals surface area contributed by atoms with Crippen LogP contribution in [0.15, 0.2) is 18.2 Å². The number of methoxy groups -OCH3 is 1. The number of hydrogen-bond acceptors (Lipinski definition) is 2. The van der Waals surface area contributed by atoms with E-state index in [4.69, 9.17) is 9.84 Å². The molecule has 16 heavy (non-hydrogen) atoms. The number of carboxylic acids is 1. The topological polar surface area (TPSA) is 46.5 Å². The van der Waals surface area contributed by atoms with Crippen molar-refractivity contribution < 1.29 is 19.0 Å². The van der Waals surface area contributed by atoms with Gasteiger partial charge in [-0.1, -0.05) is 6.92 Å². The Hall–Kier alpha value is -1.58. The van der Waals surface area contributed by atoms with E-state index in [0.29, 0.717) is 17.7 Å². The first-order valence-corrected chi connectivity index (χ1v) is 5.13. The molecule has 0 spiro atoms. The van der Waals surface area contributed by atoms with E-state index in [1.165, 1.54) is 19.2 Å². The van der Waals surface area contributed by atoms with Gasteiger partial charge in [0.05, 0.1) is 13.5 Å². The van der Waals surface area contributed by atoms with Crippen LogP contribution in [0, 0.1) is 5.82 Å². The van der Waals surface area contributed by atoms with Crippen LogP contribution in [-0.2, 0) is 4.79 Å². The summed E-state index contributed by atoms with van der Waals surface area (Å²) in [6, 6.07) is 4.39. The number of carbonyl (C=O) groups is 1. The van der Waals surface area contributed by atoms with Gasteiger partial charge in [-0.2, -0.15) is 0 Å². The Labute approximate surface area is 93.9 Å². The van der Waals surface area contributed by atoms with Crippen molar-refractivity contribution in [3.8, 4) is 5.75 Å². The zero-order valence-electron chi connectivity index (χ0n) is 9.37. The largest absolute Gasteiger partial charge is 0.497 e. The quantitative estimate of drug-likeness (QED) is 0.839. The summed E-state index contributed by atoms with van der Waals surface area (Å²) in [5.41, 5.74) is 0.407. The van der Waals surface area contributed by atoms with Gasteiger partial charge in [0, 0.05) is 0 Å². The average molecular weight is 226 g/mol. The minimum Gasteiger partial charge on any atom is -0.497 e. The molecule has 1 unspecified atom stereocenters. The Bertz CT molecular complexity index is 377. The summed E-state index contributed by atoms with van der Waals surface area (Å²) in [6.07, 6.45) is 0.511. The van der Waals surface area contributed by atoms with Crippen molar-refractivity contribution in [1.29, 1.82) is 0 Å². The van der Waals surface area contributed by atoms with Crippen LogP contribution in [0.3, 0.4) is 0 Å². The number of rotatable bonds is 5. The Morgan fingerprint density at radius 2 is 2.25 bits per heavy atom. The molecule has 1 aromatic rings. The molecule has 0 aliphatic rings. The van der Waals surface area contributed by atoms with E-state index in [1.807, 2.05) is 6.92 Å². The molecule has 1 atom stereocenters. The van der Waals surface area contributed by atoms with Crippen LogP contribution in [0.25, 0.3) is 0 Å². The lowest BCUT2D eigenvalue weighted by Gasteiger charge is -2.14. The fourth-order valence-electron chi connectivity index (χ4n) is 1.65. The zero-order chi connectivity index (χ0) is 12.1. The van der Waals surface area contributed by atoms with Gasteiger partial charge in [-0.05, 0) is 36.1 Å². The van der Waals surface area contributed by atoms with Crippen molar-refractivity contribution in [3.63, 3.8) is 0 Å². The SMILES string of the molecule is CCC(CC(=O)O)c1cc(OC)ccc1F. The van der Waals surface area contributed by atoms with E-state index in [1.54, 1.807) is 6.07 Å². The van der Waals surface area contributed by atoms with Gasteiger partial charge in [0.1, 0.15) is 11.6 Å². The predicted octanol–water partition coefficient (Wildman–Crippen LogP) is 2.80. The molecule has 88 valence electrons. The van der Waals surface area contributed by atoms with E-state index >= 15 is 0 Å². The first-order chi connectivity index (χ1) is 7.58. The molecule has 0 amide bonds. The normalized spacial score (nSPS) is 12.2. The maximum absolute atomic E-state index is 13.5. The molecule has 4 heteroatoms. The van der Waals surface area contributed by atoms with Crippen LogP contribution in [-0.4, -0.2) is 18.2 Å². The van der Waals surface area contributed by atoms with E-state index in [2.05, 4.69) is 0 Å². The highest BCUT2D eigenvalue weighted by molar-refractivity contribution is 5.68. The fourth-order valence-corrected chi connectivity index (χ4v) is 1.65. The number of halogens is 1. The van der Waals surface area contributed by atoms with Crippen LogP contribution in [0.5, 0.6) is 5.75 Å². The summed E-state index contributed by atoms with van der Waals surface area (Å²) in [5, 5.41) is 8.74. The van der Waals surface area contributed by atoms with E-state index in [-0.39, 0.29) is 18.2 Å². The molecule has 0 aromatic heterocycles. The summed E-state index contributed by atoms with van der Waals surface area (Å²) in [7, 11) is 1.50. The van der Waals surface area contributed by atoms with Crippen LogP contribution in [0.2, 0.25) is 0 Å². The van der Waals surface area contributed by atoms with Crippen LogP contribution >= 0.6 is 0 Å². The maximum atomic E-state index is 13.5. The Morgan fingerprint density at radius 3 is 2.75 bits per heavy atom. The minimum absolute atomic E-state index is 0.0689.